The van der Waals surface area contributed by atoms with Crippen molar-refractivity contribution in [3.63, 3.8) is 0 Å². The number of carbonyl (C=O) groups is 2. The normalized spacial score (nSPS) is 10.3. The maximum atomic E-state index is 12.5. The molecule has 5 nitrogen and oxygen atoms in total. The highest BCUT2D eigenvalue weighted by Gasteiger charge is 2.09. The number of carboxylic acids is 1. The van der Waals surface area contributed by atoms with Gasteiger partial charge in [-0.2, -0.15) is 0 Å². The SMILES string of the molecule is CCc1ccccc1NC(=O)c1ccc(OCc2cccc(C(=O)O)c2)cc1. The van der Waals surface area contributed by atoms with Crippen LogP contribution >= 0.6 is 0 Å². The van der Waals surface area contributed by atoms with Crippen molar-refractivity contribution < 1.29 is 19.4 Å². The van der Waals surface area contributed by atoms with Crippen molar-refractivity contribution in [2.24, 2.45) is 0 Å². The van der Waals surface area contributed by atoms with Gasteiger partial charge in [-0.25, -0.2) is 4.79 Å². The molecule has 0 fully saturated rings. The number of amides is 1. The number of carbonyl (C=O) groups excluding carboxylic acids is 1. The van der Waals surface area contributed by atoms with Gasteiger partial charge in [-0.05, 0) is 60.0 Å². The lowest BCUT2D eigenvalue weighted by atomic mass is 10.1. The van der Waals surface area contributed by atoms with Crippen molar-refractivity contribution in [1.82, 2.24) is 0 Å². The Bertz CT molecular complexity index is 980. The van der Waals surface area contributed by atoms with Crippen LogP contribution in [0.15, 0.2) is 72.8 Å². The van der Waals surface area contributed by atoms with Gasteiger partial charge in [-0.15, -0.1) is 0 Å². The van der Waals surface area contributed by atoms with E-state index in [1.165, 1.54) is 6.07 Å². The summed E-state index contributed by atoms with van der Waals surface area (Å²) in [6.07, 6.45) is 0.840. The highest BCUT2D eigenvalue weighted by molar-refractivity contribution is 6.04. The molecule has 3 aromatic rings. The smallest absolute Gasteiger partial charge is 0.335 e. The zero-order valence-electron chi connectivity index (χ0n) is 15.5. The predicted octanol–water partition coefficient (Wildman–Crippen LogP) is 4.78. The molecule has 0 unspecified atom stereocenters. The Hall–Kier alpha value is -3.60. The van der Waals surface area contributed by atoms with Crippen molar-refractivity contribution >= 4 is 17.6 Å². The van der Waals surface area contributed by atoms with Crippen LogP contribution in [0.1, 0.15) is 38.8 Å². The molecule has 0 aromatic heterocycles. The summed E-state index contributed by atoms with van der Waals surface area (Å²) in [4.78, 5) is 23.5. The lowest BCUT2D eigenvalue weighted by Gasteiger charge is -2.11. The topological polar surface area (TPSA) is 75.6 Å². The standard InChI is InChI=1S/C23H21NO4/c1-2-17-7-3-4-9-21(17)24-22(25)18-10-12-20(13-11-18)28-15-16-6-5-8-19(14-16)23(26)27/h3-14H,2,15H2,1H3,(H,24,25)(H,26,27). The zero-order chi connectivity index (χ0) is 19.9. The number of ether oxygens (including phenoxy) is 1. The summed E-state index contributed by atoms with van der Waals surface area (Å²) in [5, 5.41) is 12.0. The van der Waals surface area contributed by atoms with E-state index in [4.69, 9.17) is 9.84 Å². The van der Waals surface area contributed by atoms with Crippen LogP contribution in [-0.2, 0) is 13.0 Å². The maximum absolute atomic E-state index is 12.5. The fourth-order valence-corrected chi connectivity index (χ4v) is 2.81. The van der Waals surface area contributed by atoms with E-state index in [-0.39, 0.29) is 18.1 Å². The zero-order valence-corrected chi connectivity index (χ0v) is 15.5. The van der Waals surface area contributed by atoms with Crippen LogP contribution < -0.4 is 10.1 Å². The molecule has 0 saturated heterocycles. The molecular weight excluding hydrogens is 354 g/mol. The molecule has 2 N–H and O–H groups in total. The van der Waals surface area contributed by atoms with Gasteiger partial charge < -0.3 is 15.2 Å². The minimum Gasteiger partial charge on any atom is -0.489 e. The number of nitrogens with one attached hydrogen (secondary N) is 1. The van der Waals surface area contributed by atoms with Crippen LogP contribution in [0, 0.1) is 0 Å². The number of rotatable bonds is 7. The van der Waals surface area contributed by atoms with Gasteiger partial charge in [0.1, 0.15) is 12.4 Å². The molecule has 28 heavy (non-hydrogen) atoms. The molecule has 0 heterocycles. The van der Waals surface area contributed by atoms with Gasteiger partial charge in [0.15, 0.2) is 0 Å². The van der Waals surface area contributed by atoms with Gasteiger partial charge in [0.05, 0.1) is 5.56 Å². The largest absolute Gasteiger partial charge is 0.489 e. The lowest BCUT2D eigenvalue weighted by molar-refractivity contribution is 0.0696. The third kappa shape index (κ3) is 4.76. The Kier molecular flexibility index (Phi) is 6.07. The number of aryl methyl sites for hydroxylation is 1. The van der Waals surface area contributed by atoms with E-state index < -0.39 is 5.97 Å². The van der Waals surface area contributed by atoms with E-state index in [0.717, 1.165) is 23.2 Å². The number of hydrogen-bond acceptors (Lipinski definition) is 3. The fraction of sp³-hybridized carbons (Fsp3) is 0.130. The second-order valence-corrected chi connectivity index (χ2v) is 6.28. The molecule has 0 aliphatic heterocycles. The van der Waals surface area contributed by atoms with E-state index in [1.807, 2.05) is 31.2 Å². The van der Waals surface area contributed by atoms with E-state index in [9.17, 15) is 9.59 Å². The van der Waals surface area contributed by atoms with Gasteiger partial charge in [0, 0.05) is 11.3 Å². The highest BCUT2D eigenvalue weighted by atomic mass is 16.5. The third-order valence-corrected chi connectivity index (χ3v) is 4.34. The number of anilines is 1. The van der Waals surface area contributed by atoms with Crippen molar-refractivity contribution in [2.45, 2.75) is 20.0 Å². The molecule has 0 bridgehead atoms. The number of carboxylic acid groups (broad SMARTS) is 1. The lowest BCUT2D eigenvalue weighted by Crippen LogP contribution is -2.13. The minimum absolute atomic E-state index is 0.179. The molecular formula is C23H21NO4. The molecule has 3 rings (SSSR count). The summed E-state index contributed by atoms with van der Waals surface area (Å²) in [6, 6.07) is 21.2. The molecule has 0 aliphatic carbocycles. The van der Waals surface area contributed by atoms with Crippen molar-refractivity contribution in [3.8, 4) is 5.75 Å². The Balaban J connectivity index is 1.62. The summed E-state index contributed by atoms with van der Waals surface area (Å²) >= 11 is 0. The van der Waals surface area contributed by atoms with Gasteiger partial charge in [-0.3, -0.25) is 4.79 Å². The van der Waals surface area contributed by atoms with Crippen LogP contribution in [-0.4, -0.2) is 17.0 Å². The molecule has 1 amide bonds. The average molecular weight is 375 g/mol. The van der Waals surface area contributed by atoms with Crippen molar-refractivity contribution in [2.75, 3.05) is 5.32 Å². The van der Waals surface area contributed by atoms with Crippen LogP contribution in [0.5, 0.6) is 5.75 Å². The van der Waals surface area contributed by atoms with Crippen molar-refractivity contribution in [1.29, 1.82) is 0 Å². The first-order valence-electron chi connectivity index (χ1n) is 9.01. The van der Waals surface area contributed by atoms with Gasteiger partial charge >= 0.3 is 5.97 Å². The first-order chi connectivity index (χ1) is 13.6. The summed E-state index contributed by atoms with van der Waals surface area (Å²) in [6.45, 7) is 2.29. The predicted molar refractivity (Wildman–Crippen MR) is 108 cm³/mol. The average Bonchev–Trinajstić information content (AvgIpc) is 2.73. The molecule has 0 atom stereocenters. The monoisotopic (exact) mass is 375 g/mol. The first kappa shape index (κ1) is 19.2. The molecule has 0 aliphatic rings. The van der Waals surface area contributed by atoms with E-state index in [2.05, 4.69) is 5.32 Å². The minimum atomic E-state index is -0.970. The number of hydrogen-bond donors (Lipinski definition) is 2. The summed E-state index contributed by atoms with van der Waals surface area (Å²) in [5.74, 6) is -0.547. The second kappa shape index (κ2) is 8.86. The van der Waals surface area contributed by atoms with E-state index in [0.29, 0.717) is 11.3 Å². The Morgan fingerprint density at radius 1 is 0.929 bits per heavy atom. The number of para-hydroxylation sites is 1. The maximum Gasteiger partial charge on any atom is 0.335 e. The van der Waals surface area contributed by atoms with Crippen LogP contribution in [0.25, 0.3) is 0 Å². The van der Waals surface area contributed by atoms with Crippen LogP contribution in [0.3, 0.4) is 0 Å². The number of benzene rings is 3. The summed E-state index contributed by atoms with van der Waals surface area (Å²) < 4.78 is 5.69. The van der Waals surface area contributed by atoms with Crippen LogP contribution in [0.4, 0.5) is 5.69 Å². The Morgan fingerprint density at radius 2 is 1.68 bits per heavy atom. The molecule has 142 valence electrons. The first-order valence-corrected chi connectivity index (χ1v) is 9.01. The number of aromatic carboxylic acids is 1. The molecule has 0 spiro atoms. The van der Waals surface area contributed by atoms with E-state index >= 15 is 0 Å². The van der Waals surface area contributed by atoms with Gasteiger partial charge in [0.2, 0.25) is 0 Å². The molecule has 5 heteroatoms. The molecule has 0 saturated carbocycles. The Labute approximate surface area is 163 Å². The third-order valence-electron chi connectivity index (χ3n) is 4.34. The summed E-state index contributed by atoms with van der Waals surface area (Å²) in [5.41, 5.74) is 3.41. The molecule has 0 radical (unpaired) electrons. The quantitative estimate of drug-likeness (QED) is 0.623. The Morgan fingerprint density at radius 3 is 2.39 bits per heavy atom. The van der Waals surface area contributed by atoms with Gasteiger partial charge in [0.25, 0.3) is 5.91 Å². The fourth-order valence-electron chi connectivity index (χ4n) is 2.81. The van der Waals surface area contributed by atoms with Crippen molar-refractivity contribution in [3.05, 3.63) is 95.1 Å². The van der Waals surface area contributed by atoms with Gasteiger partial charge in [-0.1, -0.05) is 37.3 Å². The second-order valence-electron chi connectivity index (χ2n) is 6.28. The molecule has 3 aromatic carbocycles. The van der Waals surface area contributed by atoms with Crippen LogP contribution in [0.2, 0.25) is 0 Å². The van der Waals surface area contributed by atoms with E-state index in [1.54, 1.807) is 42.5 Å². The summed E-state index contributed by atoms with van der Waals surface area (Å²) in [7, 11) is 0. The highest BCUT2D eigenvalue weighted by Crippen LogP contribution is 2.19.